The first-order chi connectivity index (χ1) is 21.1. The third-order valence-electron chi connectivity index (χ3n) is 9.06. The van der Waals surface area contributed by atoms with Crippen molar-refractivity contribution in [2.45, 2.75) is 238 Å². The molecule has 0 saturated carbocycles. The molecule has 0 aliphatic rings. The number of carboxylic acids is 1. The summed E-state index contributed by atoms with van der Waals surface area (Å²) in [5, 5.41) is 9.22. The lowest BCUT2D eigenvalue weighted by molar-refractivity contribution is -0.153. The van der Waals surface area contributed by atoms with Gasteiger partial charge >= 0.3 is 11.9 Å². The first-order valence-corrected chi connectivity index (χ1v) is 19.5. The molecule has 43 heavy (non-hydrogen) atoms. The summed E-state index contributed by atoms with van der Waals surface area (Å²) in [7, 11) is 0. The molecule has 0 radical (unpaired) electrons. The third kappa shape index (κ3) is 35.3. The first kappa shape index (κ1) is 41.9. The minimum Gasteiger partial charge on any atom is -0.481 e. The van der Waals surface area contributed by atoms with Crippen molar-refractivity contribution in [2.75, 3.05) is 0 Å². The highest BCUT2D eigenvalue weighted by Gasteiger charge is 2.17. The standard InChI is InChI=1S/C39H76O4/c1-3-5-7-9-11-13-15-16-17-18-19-20-21-22-23-24-25-27-29-31-33-35-39(42)43-37(36-38(40)41)34-32-30-28-26-14-12-10-8-6-4-2/h37H,3-36H2,1-2H3,(H,40,41). The summed E-state index contributed by atoms with van der Waals surface area (Å²) in [6.45, 7) is 4.54. The molecule has 4 nitrogen and oxygen atoms in total. The Bertz CT molecular complexity index is 576. The predicted octanol–water partition coefficient (Wildman–Crippen LogP) is 13.3. The summed E-state index contributed by atoms with van der Waals surface area (Å²) < 4.78 is 5.57. The second-order valence-corrected chi connectivity index (χ2v) is 13.5. The molecule has 0 aromatic rings. The van der Waals surface area contributed by atoms with E-state index in [1.807, 2.05) is 0 Å². The van der Waals surface area contributed by atoms with E-state index in [0.717, 1.165) is 25.7 Å². The van der Waals surface area contributed by atoms with E-state index >= 15 is 0 Å². The van der Waals surface area contributed by atoms with Gasteiger partial charge in [0.15, 0.2) is 0 Å². The van der Waals surface area contributed by atoms with Crippen molar-refractivity contribution in [3.8, 4) is 0 Å². The maximum atomic E-state index is 12.3. The second-order valence-electron chi connectivity index (χ2n) is 13.5. The minimum atomic E-state index is -0.876. The number of esters is 1. The zero-order chi connectivity index (χ0) is 31.5. The van der Waals surface area contributed by atoms with Gasteiger partial charge in [-0.15, -0.1) is 0 Å². The summed E-state index contributed by atoms with van der Waals surface area (Å²) in [4.78, 5) is 23.5. The van der Waals surface area contributed by atoms with Crippen LogP contribution in [0.3, 0.4) is 0 Å². The number of carboxylic acid groups (broad SMARTS) is 1. The average molecular weight is 609 g/mol. The Hall–Kier alpha value is -1.06. The van der Waals surface area contributed by atoms with Crippen molar-refractivity contribution >= 4 is 11.9 Å². The lowest BCUT2D eigenvalue weighted by Crippen LogP contribution is -2.21. The monoisotopic (exact) mass is 609 g/mol. The van der Waals surface area contributed by atoms with Crippen LogP contribution < -0.4 is 0 Å². The number of ether oxygens (including phenoxy) is 1. The molecule has 0 amide bonds. The van der Waals surface area contributed by atoms with Gasteiger partial charge in [-0.05, 0) is 19.3 Å². The van der Waals surface area contributed by atoms with E-state index in [0.29, 0.717) is 12.8 Å². The van der Waals surface area contributed by atoms with E-state index in [1.54, 1.807) is 0 Å². The number of unbranched alkanes of at least 4 members (excludes halogenated alkanes) is 29. The maximum absolute atomic E-state index is 12.3. The molecule has 4 heteroatoms. The van der Waals surface area contributed by atoms with Crippen LogP contribution in [0.15, 0.2) is 0 Å². The van der Waals surface area contributed by atoms with E-state index in [1.165, 1.54) is 173 Å². The van der Waals surface area contributed by atoms with Crippen molar-refractivity contribution in [3.05, 3.63) is 0 Å². The van der Waals surface area contributed by atoms with E-state index < -0.39 is 12.1 Å². The fraction of sp³-hybridized carbons (Fsp3) is 0.949. The van der Waals surface area contributed by atoms with Crippen molar-refractivity contribution in [3.63, 3.8) is 0 Å². The zero-order valence-electron chi connectivity index (χ0n) is 29.3. The first-order valence-electron chi connectivity index (χ1n) is 19.5. The fourth-order valence-corrected chi connectivity index (χ4v) is 6.20. The van der Waals surface area contributed by atoms with Gasteiger partial charge in [0.25, 0.3) is 0 Å². The molecule has 0 spiro atoms. The van der Waals surface area contributed by atoms with Crippen LogP contribution in [0.4, 0.5) is 0 Å². The lowest BCUT2D eigenvalue weighted by Gasteiger charge is -2.16. The Morgan fingerprint density at radius 3 is 1.02 bits per heavy atom. The molecule has 0 heterocycles. The van der Waals surface area contributed by atoms with Gasteiger partial charge in [0.05, 0.1) is 6.42 Å². The molecular weight excluding hydrogens is 532 g/mol. The van der Waals surface area contributed by atoms with E-state index in [-0.39, 0.29) is 12.4 Å². The van der Waals surface area contributed by atoms with Crippen molar-refractivity contribution < 1.29 is 19.4 Å². The summed E-state index contributed by atoms with van der Waals surface area (Å²) in [5.74, 6) is -1.09. The van der Waals surface area contributed by atoms with Gasteiger partial charge in [-0.1, -0.05) is 200 Å². The van der Waals surface area contributed by atoms with Gasteiger partial charge in [0.1, 0.15) is 6.10 Å². The Labute approximate surface area is 269 Å². The molecule has 0 rings (SSSR count). The molecule has 0 aliphatic heterocycles. The molecule has 0 fully saturated rings. The van der Waals surface area contributed by atoms with Crippen molar-refractivity contribution in [1.82, 2.24) is 0 Å². The molecule has 0 saturated heterocycles. The quantitative estimate of drug-likeness (QED) is 0.0567. The Morgan fingerprint density at radius 1 is 0.442 bits per heavy atom. The molecule has 1 atom stereocenters. The third-order valence-corrected chi connectivity index (χ3v) is 9.06. The van der Waals surface area contributed by atoms with Crippen LogP contribution in [0.25, 0.3) is 0 Å². The molecule has 0 aliphatic carbocycles. The zero-order valence-corrected chi connectivity index (χ0v) is 29.3. The van der Waals surface area contributed by atoms with Gasteiger partial charge in [0, 0.05) is 6.42 Å². The predicted molar refractivity (Wildman–Crippen MR) is 186 cm³/mol. The van der Waals surface area contributed by atoms with Crippen molar-refractivity contribution in [2.24, 2.45) is 0 Å². The fourth-order valence-electron chi connectivity index (χ4n) is 6.20. The molecule has 1 unspecified atom stereocenters. The van der Waals surface area contributed by atoms with Gasteiger partial charge in [0.2, 0.25) is 0 Å². The van der Waals surface area contributed by atoms with E-state index in [2.05, 4.69) is 13.8 Å². The molecule has 0 aromatic heterocycles. The number of hydrogen-bond acceptors (Lipinski definition) is 3. The van der Waals surface area contributed by atoms with E-state index in [4.69, 9.17) is 4.74 Å². The summed E-state index contributed by atoms with van der Waals surface area (Å²) in [6.07, 6.45) is 41.4. The number of carbonyl (C=O) groups excluding carboxylic acids is 1. The van der Waals surface area contributed by atoms with Gasteiger partial charge in [-0.3, -0.25) is 9.59 Å². The summed E-state index contributed by atoms with van der Waals surface area (Å²) in [5.41, 5.74) is 0. The largest absolute Gasteiger partial charge is 0.481 e. The van der Waals surface area contributed by atoms with Crippen LogP contribution >= 0.6 is 0 Å². The molecule has 1 N–H and O–H groups in total. The minimum absolute atomic E-state index is 0.0670. The number of aliphatic carboxylic acids is 1. The van der Waals surface area contributed by atoms with Crippen LogP contribution in [0.2, 0.25) is 0 Å². The number of hydrogen-bond donors (Lipinski definition) is 1. The van der Waals surface area contributed by atoms with Gasteiger partial charge < -0.3 is 9.84 Å². The normalized spacial score (nSPS) is 12.0. The maximum Gasteiger partial charge on any atom is 0.307 e. The smallest absolute Gasteiger partial charge is 0.307 e. The molecule has 256 valence electrons. The lowest BCUT2D eigenvalue weighted by atomic mass is 10.0. The van der Waals surface area contributed by atoms with Crippen LogP contribution in [-0.2, 0) is 14.3 Å². The Balaban J connectivity index is 3.51. The van der Waals surface area contributed by atoms with Crippen LogP contribution in [0.5, 0.6) is 0 Å². The van der Waals surface area contributed by atoms with Crippen molar-refractivity contribution in [1.29, 1.82) is 0 Å². The van der Waals surface area contributed by atoms with Crippen LogP contribution in [0, 0.1) is 0 Å². The van der Waals surface area contributed by atoms with Gasteiger partial charge in [-0.2, -0.15) is 0 Å². The second kappa shape index (κ2) is 35.4. The highest BCUT2D eigenvalue weighted by Crippen LogP contribution is 2.17. The van der Waals surface area contributed by atoms with E-state index in [9.17, 15) is 14.7 Å². The van der Waals surface area contributed by atoms with Crippen LogP contribution in [-0.4, -0.2) is 23.1 Å². The highest BCUT2D eigenvalue weighted by molar-refractivity contribution is 5.71. The average Bonchev–Trinajstić information content (AvgIpc) is 2.98. The van der Waals surface area contributed by atoms with Crippen LogP contribution in [0.1, 0.15) is 232 Å². The summed E-state index contributed by atoms with van der Waals surface area (Å²) >= 11 is 0. The summed E-state index contributed by atoms with van der Waals surface area (Å²) in [6, 6.07) is 0. The SMILES string of the molecule is CCCCCCCCCCCCCCCCCCCCCCCC(=O)OC(CCCCCCCCCCCC)CC(=O)O. The van der Waals surface area contributed by atoms with Gasteiger partial charge in [-0.25, -0.2) is 0 Å². The Morgan fingerprint density at radius 2 is 0.721 bits per heavy atom. The highest BCUT2D eigenvalue weighted by atomic mass is 16.5. The molecule has 0 bridgehead atoms. The Kier molecular flexibility index (Phi) is 34.5. The molecular formula is C39H76O4. The number of carbonyl (C=O) groups is 2. The number of rotatable bonds is 36. The topological polar surface area (TPSA) is 63.6 Å². The molecule has 0 aromatic carbocycles.